The molecule has 0 radical (unpaired) electrons. The van der Waals surface area contributed by atoms with E-state index in [4.69, 9.17) is 11.6 Å². The zero-order chi connectivity index (χ0) is 14.5. The van der Waals surface area contributed by atoms with Crippen LogP contribution in [0, 0.1) is 0 Å². The summed E-state index contributed by atoms with van der Waals surface area (Å²) in [6.07, 6.45) is 1.17. The van der Waals surface area contributed by atoms with Crippen LogP contribution in [0.15, 0.2) is 24.3 Å². The first-order valence-electron chi connectivity index (χ1n) is 5.68. The first-order valence-corrected chi connectivity index (χ1v) is 8.12. The monoisotopic (exact) mass is 304 g/mol. The minimum atomic E-state index is -3.02. The van der Waals surface area contributed by atoms with E-state index >= 15 is 0 Å². The number of likely N-dealkylation sites (N-methyl/N-ethyl adjacent to an activating group) is 1. The summed E-state index contributed by atoms with van der Waals surface area (Å²) in [5.74, 6) is -0.202. The molecule has 0 spiro atoms. The molecule has 0 saturated heterocycles. The molecule has 5 nitrogen and oxygen atoms in total. The van der Waals surface area contributed by atoms with Gasteiger partial charge in [0.15, 0.2) is 0 Å². The highest BCUT2D eigenvalue weighted by Crippen LogP contribution is 2.20. The molecule has 0 aliphatic carbocycles. The van der Waals surface area contributed by atoms with Gasteiger partial charge in [0.2, 0.25) is 5.91 Å². The van der Waals surface area contributed by atoms with Crippen LogP contribution in [0.25, 0.3) is 0 Å². The highest BCUT2D eigenvalue weighted by molar-refractivity contribution is 7.90. The van der Waals surface area contributed by atoms with Crippen molar-refractivity contribution in [2.75, 3.05) is 37.5 Å². The summed E-state index contributed by atoms with van der Waals surface area (Å²) in [6, 6.07) is 6.94. The van der Waals surface area contributed by atoms with Crippen molar-refractivity contribution in [2.24, 2.45) is 0 Å². The lowest BCUT2D eigenvalue weighted by Gasteiger charge is -2.15. The number of halogens is 1. The van der Waals surface area contributed by atoms with Gasteiger partial charge < -0.3 is 5.32 Å². The summed E-state index contributed by atoms with van der Waals surface area (Å²) in [5, 5.41) is 3.14. The maximum atomic E-state index is 11.7. The fourth-order valence-electron chi connectivity index (χ4n) is 1.40. The van der Waals surface area contributed by atoms with Gasteiger partial charge in [-0.1, -0.05) is 23.7 Å². The Morgan fingerprint density at radius 2 is 2.00 bits per heavy atom. The standard InChI is InChI=1S/C12H17ClN2O3S/c1-15(7-8-19(2,17)18)9-12(16)14-11-6-4-3-5-10(11)13/h3-6H,7-9H2,1-2H3,(H,14,16). The lowest BCUT2D eigenvalue weighted by atomic mass is 10.3. The molecule has 0 atom stereocenters. The summed E-state index contributed by atoms with van der Waals surface area (Å²) in [5.41, 5.74) is 0.547. The molecular weight excluding hydrogens is 288 g/mol. The molecule has 1 rings (SSSR count). The highest BCUT2D eigenvalue weighted by atomic mass is 35.5. The van der Waals surface area contributed by atoms with Crippen molar-refractivity contribution < 1.29 is 13.2 Å². The number of sulfone groups is 1. The molecule has 1 aromatic carbocycles. The summed E-state index contributed by atoms with van der Waals surface area (Å²) in [4.78, 5) is 13.4. The molecular formula is C12H17ClN2O3S. The van der Waals surface area contributed by atoms with Crippen LogP contribution >= 0.6 is 11.6 Å². The molecule has 0 unspecified atom stereocenters. The Kier molecular flexibility index (Phi) is 5.78. The molecule has 0 bridgehead atoms. The van der Waals surface area contributed by atoms with Crippen molar-refractivity contribution in [3.05, 3.63) is 29.3 Å². The number of rotatable bonds is 6. The van der Waals surface area contributed by atoms with E-state index < -0.39 is 9.84 Å². The van der Waals surface area contributed by atoms with E-state index in [2.05, 4.69) is 5.32 Å². The third kappa shape index (κ3) is 6.56. The van der Waals surface area contributed by atoms with Gasteiger partial charge in [0.1, 0.15) is 9.84 Å². The molecule has 0 fully saturated rings. The van der Waals surface area contributed by atoms with Gasteiger partial charge >= 0.3 is 0 Å². The van der Waals surface area contributed by atoms with Crippen molar-refractivity contribution >= 4 is 33.0 Å². The lowest BCUT2D eigenvalue weighted by molar-refractivity contribution is -0.117. The van der Waals surface area contributed by atoms with E-state index in [-0.39, 0.29) is 18.2 Å². The average Bonchev–Trinajstić information content (AvgIpc) is 2.29. The number of carbonyl (C=O) groups excluding carboxylic acids is 1. The Hall–Kier alpha value is -1.11. The first-order chi connectivity index (χ1) is 8.78. The number of amides is 1. The fraction of sp³-hybridized carbons (Fsp3) is 0.417. The number of anilines is 1. The quantitative estimate of drug-likeness (QED) is 0.859. The maximum absolute atomic E-state index is 11.7. The summed E-state index contributed by atoms with van der Waals surface area (Å²) >= 11 is 5.92. The van der Waals surface area contributed by atoms with Crippen molar-refractivity contribution in [1.82, 2.24) is 4.90 Å². The van der Waals surface area contributed by atoms with Crippen LogP contribution in [0.3, 0.4) is 0 Å². The first kappa shape index (κ1) is 15.9. The van der Waals surface area contributed by atoms with Gasteiger partial charge in [-0.15, -0.1) is 0 Å². The predicted molar refractivity (Wildman–Crippen MR) is 77.3 cm³/mol. The number of benzene rings is 1. The number of carbonyl (C=O) groups is 1. The zero-order valence-corrected chi connectivity index (χ0v) is 12.5. The van der Waals surface area contributed by atoms with Crippen molar-refractivity contribution in [1.29, 1.82) is 0 Å². The number of para-hydroxylation sites is 1. The van der Waals surface area contributed by atoms with Gasteiger partial charge in [-0.2, -0.15) is 0 Å². The van der Waals surface area contributed by atoms with Crippen LogP contribution in [-0.2, 0) is 14.6 Å². The molecule has 1 N–H and O–H groups in total. The molecule has 0 aliphatic heterocycles. The minimum absolute atomic E-state index is 0.0306. The van der Waals surface area contributed by atoms with Crippen LogP contribution in [0.1, 0.15) is 0 Å². The second kappa shape index (κ2) is 6.88. The number of nitrogens with one attached hydrogen (secondary N) is 1. The van der Waals surface area contributed by atoms with E-state index in [1.165, 1.54) is 6.26 Å². The van der Waals surface area contributed by atoms with Crippen molar-refractivity contribution in [3.8, 4) is 0 Å². The SMILES string of the molecule is CN(CCS(C)(=O)=O)CC(=O)Nc1ccccc1Cl. The van der Waals surface area contributed by atoms with Crippen LogP contribution in [0.4, 0.5) is 5.69 Å². The van der Waals surface area contributed by atoms with Crippen LogP contribution in [0.5, 0.6) is 0 Å². The second-order valence-electron chi connectivity index (χ2n) is 4.40. The summed E-state index contributed by atoms with van der Waals surface area (Å²) < 4.78 is 22.0. The Labute approximate surface area is 118 Å². The maximum Gasteiger partial charge on any atom is 0.238 e. The van der Waals surface area contributed by atoms with Gasteiger partial charge in [0.05, 0.1) is 23.0 Å². The Morgan fingerprint density at radius 1 is 1.37 bits per heavy atom. The van der Waals surface area contributed by atoms with Crippen molar-refractivity contribution in [2.45, 2.75) is 0 Å². The Bertz CT molecular complexity index is 546. The van der Waals surface area contributed by atoms with Crippen LogP contribution < -0.4 is 5.32 Å². The summed E-state index contributed by atoms with van der Waals surface area (Å²) in [6.45, 7) is 0.426. The Morgan fingerprint density at radius 3 is 2.58 bits per heavy atom. The minimum Gasteiger partial charge on any atom is -0.324 e. The second-order valence-corrected chi connectivity index (χ2v) is 7.06. The molecule has 1 amide bonds. The molecule has 0 aliphatic rings. The van der Waals surface area contributed by atoms with E-state index in [1.54, 1.807) is 36.2 Å². The predicted octanol–water partition coefficient (Wildman–Crippen LogP) is 1.25. The van der Waals surface area contributed by atoms with Crippen molar-refractivity contribution in [3.63, 3.8) is 0 Å². The largest absolute Gasteiger partial charge is 0.324 e. The van der Waals surface area contributed by atoms with Gasteiger partial charge in [-0.05, 0) is 19.2 Å². The van der Waals surface area contributed by atoms with E-state index in [1.807, 2.05) is 0 Å². The van der Waals surface area contributed by atoms with Gasteiger partial charge in [-0.25, -0.2) is 8.42 Å². The zero-order valence-electron chi connectivity index (χ0n) is 10.9. The topological polar surface area (TPSA) is 66.5 Å². The molecule has 106 valence electrons. The molecule has 7 heteroatoms. The smallest absolute Gasteiger partial charge is 0.238 e. The van der Waals surface area contributed by atoms with Gasteiger partial charge in [-0.3, -0.25) is 9.69 Å². The lowest BCUT2D eigenvalue weighted by Crippen LogP contribution is -2.33. The van der Waals surface area contributed by atoms with E-state index in [0.29, 0.717) is 17.3 Å². The van der Waals surface area contributed by atoms with Gasteiger partial charge in [0, 0.05) is 12.8 Å². The number of hydrogen-bond acceptors (Lipinski definition) is 4. The molecule has 0 heterocycles. The average molecular weight is 305 g/mol. The molecule has 19 heavy (non-hydrogen) atoms. The van der Waals surface area contributed by atoms with Gasteiger partial charge in [0.25, 0.3) is 0 Å². The van der Waals surface area contributed by atoms with E-state index in [9.17, 15) is 13.2 Å². The third-order valence-electron chi connectivity index (χ3n) is 2.41. The number of nitrogens with zero attached hydrogens (tertiary/aromatic N) is 1. The number of hydrogen-bond donors (Lipinski definition) is 1. The normalized spacial score (nSPS) is 11.6. The third-order valence-corrected chi connectivity index (χ3v) is 3.66. The summed E-state index contributed by atoms with van der Waals surface area (Å²) in [7, 11) is -1.32. The van der Waals surface area contributed by atoms with Crippen LogP contribution in [-0.4, -0.2) is 51.4 Å². The van der Waals surface area contributed by atoms with Crippen LogP contribution in [0.2, 0.25) is 5.02 Å². The fourth-order valence-corrected chi connectivity index (χ4v) is 2.22. The van der Waals surface area contributed by atoms with E-state index in [0.717, 1.165) is 0 Å². The molecule has 1 aromatic rings. The Balaban J connectivity index is 2.45. The molecule has 0 saturated carbocycles. The molecule has 0 aromatic heterocycles. The highest BCUT2D eigenvalue weighted by Gasteiger charge is 2.10.